The van der Waals surface area contributed by atoms with Gasteiger partial charge in [-0.05, 0) is 145 Å². The Hall–Kier alpha value is -4.89. The zero-order chi connectivity index (χ0) is 41.9. The van der Waals surface area contributed by atoms with Gasteiger partial charge in [-0.3, -0.25) is 14.7 Å². The highest BCUT2D eigenvalue weighted by Gasteiger charge is 2.40. The van der Waals surface area contributed by atoms with Crippen molar-refractivity contribution in [1.29, 1.82) is 0 Å². The number of rotatable bonds is 12. The van der Waals surface area contributed by atoms with Gasteiger partial charge in [-0.25, -0.2) is 4.79 Å². The fraction of sp³-hybridized carbons (Fsp3) is 0.380. The Morgan fingerprint density at radius 2 is 1.68 bits per heavy atom. The first-order valence-corrected chi connectivity index (χ1v) is 22.0. The maximum Gasteiger partial charge on any atom is 0.328 e. The van der Waals surface area contributed by atoms with Gasteiger partial charge in [0.15, 0.2) is 0 Å². The lowest BCUT2D eigenvalue weighted by Crippen LogP contribution is -2.58. The molecule has 8 nitrogen and oxygen atoms in total. The number of aryl methyl sites for hydroxylation is 1. The largest absolute Gasteiger partial charge is 0.493 e. The highest BCUT2D eigenvalue weighted by molar-refractivity contribution is 6.42. The molecule has 0 spiro atoms. The van der Waals surface area contributed by atoms with Crippen LogP contribution in [-0.4, -0.2) is 53.6 Å². The van der Waals surface area contributed by atoms with Gasteiger partial charge in [-0.15, -0.1) is 0 Å². The van der Waals surface area contributed by atoms with Crippen LogP contribution in [0.3, 0.4) is 0 Å². The molecule has 1 fully saturated rings. The molecule has 60 heavy (non-hydrogen) atoms. The first-order valence-electron chi connectivity index (χ1n) is 21.2. The number of aromatic nitrogens is 1. The van der Waals surface area contributed by atoms with E-state index in [1.807, 2.05) is 49.5 Å². The molecular formula is C50H53Cl2N3O5. The van der Waals surface area contributed by atoms with E-state index < -0.39 is 18.1 Å². The van der Waals surface area contributed by atoms with Crippen molar-refractivity contribution < 1.29 is 23.8 Å². The molecule has 0 unspecified atom stereocenters. The van der Waals surface area contributed by atoms with Crippen LogP contribution in [0.4, 0.5) is 0 Å². The van der Waals surface area contributed by atoms with Gasteiger partial charge < -0.3 is 19.5 Å². The number of amides is 1. The lowest BCUT2D eigenvalue weighted by Gasteiger charge is -2.45. The van der Waals surface area contributed by atoms with E-state index in [2.05, 4.69) is 77.6 Å². The molecule has 5 aromatic rings. The molecule has 1 aromatic heterocycles. The molecule has 10 heteroatoms. The van der Waals surface area contributed by atoms with E-state index in [0.717, 1.165) is 89.1 Å². The van der Waals surface area contributed by atoms with Crippen LogP contribution in [0.25, 0.3) is 11.1 Å². The number of benzene rings is 4. The van der Waals surface area contributed by atoms with E-state index in [9.17, 15) is 9.59 Å². The van der Waals surface area contributed by atoms with Crippen molar-refractivity contribution in [1.82, 2.24) is 15.2 Å². The van der Waals surface area contributed by atoms with Crippen molar-refractivity contribution in [3.05, 3.63) is 146 Å². The molecule has 0 bridgehead atoms. The van der Waals surface area contributed by atoms with Crippen LogP contribution in [0.15, 0.2) is 91.1 Å². The molecule has 3 heterocycles. The number of nitrogens with zero attached hydrogens (tertiary/aromatic N) is 2. The fourth-order valence-electron chi connectivity index (χ4n) is 8.98. The van der Waals surface area contributed by atoms with Crippen LogP contribution >= 0.6 is 23.2 Å². The van der Waals surface area contributed by atoms with Crippen LogP contribution in [0, 0.1) is 13.8 Å². The van der Waals surface area contributed by atoms with Gasteiger partial charge in [0.25, 0.3) is 0 Å². The third kappa shape index (κ3) is 9.07. The Bertz CT molecular complexity index is 2350. The predicted molar refractivity (Wildman–Crippen MR) is 237 cm³/mol. The zero-order valence-electron chi connectivity index (χ0n) is 34.8. The van der Waals surface area contributed by atoms with E-state index in [1.54, 1.807) is 0 Å². The quantitative estimate of drug-likeness (QED) is 0.125. The topological polar surface area (TPSA) is 90.0 Å². The predicted octanol–water partition coefficient (Wildman–Crippen LogP) is 10.5. The lowest BCUT2D eigenvalue weighted by molar-refractivity contribution is -0.146. The average Bonchev–Trinajstić information content (AvgIpc) is 3.45. The average molecular weight is 847 g/mol. The number of esters is 1. The minimum absolute atomic E-state index is 0.134. The normalized spacial score (nSPS) is 18.8. The number of pyridine rings is 1. The Morgan fingerprint density at radius 3 is 2.38 bits per heavy atom. The monoisotopic (exact) mass is 845 g/mol. The number of hydrogen-bond acceptors (Lipinski definition) is 7. The van der Waals surface area contributed by atoms with Gasteiger partial charge in [0.2, 0.25) is 5.91 Å². The lowest BCUT2D eigenvalue weighted by atomic mass is 9.83. The van der Waals surface area contributed by atoms with Crippen molar-refractivity contribution in [3.8, 4) is 22.6 Å². The van der Waals surface area contributed by atoms with Gasteiger partial charge in [0.05, 0.1) is 29.8 Å². The smallest absolute Gasteiger partial charge is 0.328 e. The molecule has 3 aliphatic rings. The molecule has 4 atom stereocenters. The van der Waals surface area contributed by atoms with Crippen LogP contribution in [0.2, 0.25) is 10.0 Å². The Labute approximate surface area is 363 Å². The van der Waals surface area contributed by atoms with Crippen molar-refractivity contribution in [2.24, 2.45) is 0 Å². The second-order valence-corrected chi connectivity index (χ2v) is 17.4. The minimum Gasteiger partial charge on any atom is -0.493 e. The molecule has 1 amide bonds. The summed E-state index contributed by atoms with van der Waals surface area (Å²) in [5, 5.41) is 4.18. The molecule has 2 aliphatic heterocycles. The van der Waals surface area contributed by atoms with Crippen molar-refractivity contribution in [3.63, 3.8) is 0 Å². The number of carbonyl (C=O) groups is 2. The van der Waals surface area contributed by atoms with Crippen molar-refractivity contribution in [2.75, 3.05) is 13.7 Å². The Balaban J connectivity index is 0.960. The summed E-state index contributed by atoms with van der Waals surface area (Å²) in [5.74, 6) is 1.39. The first kappa shape index (κ1) is 41.8. The molecular weight excluding hydrogens is 793 g/mol. The standard InChI is InChI=1S/C50H53Cl2N3O5/c1-5-47(36-15-18-43(51)44(52)26-36)60-41-16-13-33(14-17-41)35-20-22-59-48-28-37-27-46(55(40-7-6-8-40)29-39(37)25-38(48)24-35)49(56)54-45(50(57)58-4)23-32-9-11-34(12-10-32)42-19-21-53-31(3)30(42)2/h9-19,21,25-26,28,35,40,45-47H,5-8,20,22-24,27,29H2,1-4H3,(H,54,56)/t35-,45+,46+,47-/m1/s1. The van der Waals surface area contributed by atoms with Gasteiger partial charge in [0.1, 0.15) is 23.6 Å². The number of methoxy groups -OCH3 is 1. The van der Waals surface area contributed by atoms with Gasteiger partial charge in [-0.2, -0.15) is 0 Å². The molecule has 1 aliphatic carbocycles. The molecule has 0 radical (unpaired) electrons. The summed E-state index contributed by atoms with van der Waals surface area (Å²) in [6.45, 7) is 7.46. The Kier molecular flexibility index (Phi) is 12.8. The SMILES string of the molecule is CC[C@@H](Oc1ccc([C@@H]2CCOc3cc4c(cc3C2)CN(C2CCC2)[C@H](C(=O)N[C@@H](Cc2ccc(-c3ccnc(C)c3C)cc2)C(=O)OC)C4)cc1)c1ccc(Cl)c(Cl)c1. The highest BCUT2D eigenvalue weighted by atomic mass is 35.5. The van der Waals surface area contributed by atoms with Gasteiger partial charge in [-0.1, -0.05) is 85.1 Å². The van der Waals surface area contributed by atoms with Crippen LogP contribution in [0.1, 0.15) is 95.7 Å². The summed E-state index contributed by atoms with van der Waals surface area (Å²) in [5.41, 5.74) is 11.1. The molecule has 8 rings (SSSR count). The fourth-order valence-corrected chi connectivity index (χ4v) is 9.29. The summed E-state index contributed by atoms with van der Waals surface area (Å²) in [4.78, 5) is 34.2. The van der Waals surface area contributed by atoms with E-state index in [4.69, 9.17) is 37.4 Å². The van der Waals surface area contributed by atoms with E-state index >= 15 is 0 Å². The number of nitrogens with one attached hydrogen (secondary N) is 1. The number of fused-ring (bicyclic) bond motifs is 2. The first-order chi connectivity index (χ1) is 29.1. The number of carbonyl (C=O) groups excluding carboxylic acids is 2. The summed E-state index contributed by atoms with van der Waals surface area (Å²) < 4.78 is 18.0. The van der Waals surface area contributed by atoms with Crippen LogP contribution < -0.4 is 14.8 Å². The summed E-state index contributed by atoms with van der Waals surface area (Å²) in [7, 11) is 1.37. The second-order valence-electron chi connectivity index (χ2n) is 16.6. The summed E-state index contributed by atoms with van der Waals surface area (Å²) in [6, 6.07) is 27.9. The van der Waals surface area contributed by atoms with E-state index in [-0.39, 0.29) is 17.9 Å². The zero-order valence-corrected chi connectivity index (χ0v) is 36.3. The molecule has 312 valence electrons. The van der Waals surface area contributed by atoms with Crippen LogP contribution in [-0.2, 0) is 40.1 Å². The van der Waals surface area contributed by atoms with Gasteiger partial charge in [0, 0.05) is 30.9 Å². The van der Waals surface area contributed by atoms with E-state index in [0.29, 0.717) is 42.1 Å². The van der Waals surface area contributed by atoms with Crippen LogP contribution in [0.5, 0.6) is 11.5 Å². The third-order valence-electron chi connectivity index (χ3n) is 12.9. The molecule has 1 saturated carbocycles. The molecule has 1 N–H and O–H groups in total. The highest BCUT2D eigenvalue weighted by Crippen LogP contribution is 2.40. The number of hydrogen-bond donors (Lipinski definition) is 1. The summed E-state index contributed by atoms with van der Waals surface area (Å²) in [6.07, 6.45) is 8.39. The summed E-state index contributed by atoms with van der Waals surface area (Å²) >= 11 is 12.5. The van der Waals surface area contributed by atoms with Gasteiger partial charge >= 0.3 is 5.97 Å². The second kappa shape index (κ2) is 18.4. The van der Waals surface area contributed by atoms with Crippen molar-refractivity contribution in [2.45, 2.75) is 109 Å². The maximum absolute atomic E-state index is 14.3. The molecule has 0 saturated heterocycles. The number of ether oxygens (including phenoxy) is 3. The number of halogens is 2. The maximum atomic E-state index is 14.3. The van der Waals surface area contributed by atoms with Crippen molar-refractivity contribution >= 4 is 35.1 Å². The molecule has 4 aromatic carbocycles. The Morgan fingerprint density at radius 1 is 0.900 bits per heavy atom. The van der Waals surface area contributed by atoms with E-state index in [1.165, 1.54) is 23.8 Å². The third-order valence-corrected chi connectivity index (χ3v) is 13.6. The minimum atomic E-state index is -0.813.